The molecule has 1 aliphatic rings. The van der Waals surface area contributed by atoms with Gasteiger partial charge in [-0.3, -0.25) is 9.69 Å². The third kappa shape index (κ3) is 4.47. The zero-order valence-electron chi connectivity index (χ0n) is 13.8. The van der Waals surface area contributed by atoms with Gasteiger partial charge in [0.2, 0.25) is 0 Å². The summed E-state index contributed by atoms with van der Waals surface area (Å²) in [4.78, 5) is 16.4. The summed E-state index contributed by atoms with van der Waals surface area (Å²) in [7, 11) is 0. The fraction of sp³-hybridized carbons (Fsp3) is 0.412. The highest BCUT2D eigenvalue weighted by molar-refractivity contribution is 5.97. The first kappa shape index (κ1) is 17.8. The number of nitrogens with zero attached hydrogens (tertiary/aromatic N) is 3. The fourth-order valence-electron chi connectivity index (χ4n) is 2.63. The van der Waals surface area contributed by atoms with Crippen molar-refractivity contribution in [1.82, 2.24) is 9.80 Å². The van der Waals surface area contributed by atoms with Gasteiger partial charge in [0.15, 0.2) is 0 Å². The van der Waals surface area contributed by atoms with E-state index in [1.165, 1.54) is 6.20 Å². The Hall–Kier alpha value is -2.56. The first-order valence-electron chi connectivity index (χ1n) is 7.93. The van der Waals surface area contributed by atoms with Crippen molar-refractivity contribution in [2.24, 2.45) is 5.73 Å². The van der Waals surface area contributed by atoms with Gasteiger partial charge < -0.3 is 21.1 Å². The van der Waals surface area contributed by atoms with Crippen LogP contribution in [0.5, 0.6) is 5.75 Å². The molecule has 0 bridgehead atoms. The predicted octanol–water partition coefficient (Wildman–Crippen LogP) is 0.623. The minimum Gasteiger partial charge on any atom is -0.508 e. The van der Waals surface area contributed by atoms with Crippen LogP contribution in [0.2, 0.25) is 0 Å². The summed E-state index contributed by atoms with van der Waals surface area (Å²) in [5, 5.41) is 21.7. The van der Waals surface area contributed by atoms with Crippen LogP contribution in [0.25, 0.3) is 0 Å². The lowest BCUT2D eigenvalue weighted by Gasteiger charge is -2.34. The highest BCUT2D eigenvalue weighted by Crippen LogP contribution is 2.20. The minimum absolute atomic E-state index is 0.0646. The molecule has 0 unspecified atom stereocenters. The van der Waals surface area contributed by atoms with E-state index in [2.05, 4.69) is 10.2 Å². The first-order valence-corrected chi connectivity index (χ1v) is 7.93. The molecule has 0 saturated carbocycles. The number of anilines is 1. The maximum atomic E-state index is 12.5. The average molecular weight is 329 g/mol. The van der Waals surface area contributed by atoms with E-state index in [1.807, 2.05) is 13.0 Å². The van der Waals surface area contributed by atoms with Crippen LogP contribution in [0.4, 0.5) is 5.69 Å². The van der Waals surface area contributed by atoms with E-state index in [-0.39, 0.29) is 17.2 Å². The summed E-state index contributed by atoms with van der Waals surface area (Å²) in [6, 6.07) is 6.82. The number of aromatic hydroxyl groups is 1. The second-order valence-corrected chi connectivity index (χ2v) is 5.74. The van der Waals surface area contributed by atoms with Crippen LogP contribution in [0.1, 0.15) is 5.56 Å². The molecule has 128 valence electrons. The van der Waals surface area contributed by atoms with Gasteiger partial charge in [0.25, 0.3) is 5.91 Å². The maximum Gasteiger partial charge on any atom is 0.266 e. The number of aryl methyl sites for hydroxylation is 1. The number of rotatable bonds is 5. The average Bonchev–Trinajstić information content (AvgIpc) is 2.58. The van der Waals surface area contributed by atoms with Crippen LogP contribution in [-0.4, -0.2) is 60.1 Å². The monoisotopic (exact) mass is 329 g/mol. The molecule has 1 amide bonds. The Labute approximate surface area is 142 Å². The number of nitrogens with one attached hydrogen (secondary N) is 1. The van der Waals surface area contributed by atoms with E-state index < -0.39 is 0 Å². The van der Waals surface area contributed by atoms with E-state index in [4.69, 9.17) is 5.73 Å². The number of amides is 1. The molecule has 1 aliphatic heterocycles. The molecule has 7 nitrogen and oxygen atoms in total. The Bertz CT molecular complexity index is 657. The number of phenolic OH excluding ortho intramolecular Hbond substituents is 1. The molecule has 4 N–H and O–H groups in total. The highest BCUT2D eigenvalue weighted by atomic mass is 16.3. The lowest BCUT2D eigenvalue weighted by atomic mass is 10.2. The summed E-state index contributed by atoms with van der Waals surface area (Å²) in [5.41, 5.74) is 7.17. The number of hydrogen-bond donors (Lipinski definition) is 3. The predicted molar refractivity (Wildman–Crippen MR) is 92.2 cm³/mol. The molecular weight excluding hydrogens is 306 g/mol. The third-order valence-corrected chi connectivity index (χ3v) is 4.04. The van der Waals surface area contributed by atoms with E-state index in [0.717, 1.165) is 30.9 Å². The summed E-state index contributed by atoms with van der Waals surface area (Å²) in [6.45, 7) is 5.99. The fourth-order valence-corrected chi connectivity index (χ4v) is 2.63. The molecule has 0 spiro atoms. The van der Waals surface area contributed by atoms with Crippen molar-refractivity contribution in [2.75, 3.05) is 44.6 Å². The van der Waals surface area contributed by atoms with E-state index >= 15 is 0 Å². The van der Waals surface area contributed by atoms with Gasteiger partial charge >= 0.3 is 0 Å². The van der Waals surface area contributed by atoms with E-state index in [0.29, 0.717) is 19.6 Å². The Kier molecular flexibility index (Phi) is 6.18. The van der Waals surface area contributed by atoms with Gasteiger partial charge in [0.05, 0.1) is 0 Å². The van der Waals surface area contributed by atoms with Gasteiger partial charge in [-0.05, 0) is 30.7 Å². The summed E-state index contributed by atoms with van der Waals surface area (Å²) < 4.78 is 0. The number of nitriles is 1. The molecule has 2 rings (SSSR count). The number of piperazine rings is 1. The number of hydrogen-bond acceptors (Lipinski definition) is 6. The molecule has 1 aromatic carbocycles. The summed E-state index contributed by atoms with van der Waals surface area (Å²) in [5.74, 6) is -0.0946. The topological polar surface area (TPSA) is 106 Å². The Morgan fingerprint density at radius 2 is 2.12 bits per heavy atom. The van der Waals surface area contributed by atoms with Crippen LogP contribution in [0.15, 0.2) is 30.0 Å². The number of benzene rings is 1. The van der Waals surface area contributed by atoms with Crippen LogP contribution in [0.3, 0.4) is 0 Å². The Balaban J connectivity index is 2.00. The second-order valence-electron chi connectivity index (χ2n) is 5.74. The molecule has 0 radical (unpaired) electrons. The van der Waals surface area contributed by atoms with Gasteiger partial charge in [-0.25, -0.2) is 0 Å². The Morgan fingerprint density at radius 3 is 2.71 bits per heavy atom. The number of carbonyl (C=O) groups excluding carboxylic acids is 1. The Morgan fingerprint density at radius 1 is 1.42 bits per heavy atom. The number of nitrogens with two attached hydrogens (primary N) is 1. The largest absolute Gasteiger partial charge is 0.508 e. The highest BCUT2D eigenvalue weighted by Gasteiger charge is 2.23. The molecule has 1 aromatic rings. The van der Waals surface area contributed by atoms with Crippen LogP contribution in [0, 0.1) is 18.3 Å². The molecule has 0 aliphatic carbocycles. The van der Waals surface area contributed by atoms with Gasteiger partial charge in [-0.2, -0.15) is 5.26 Å². The molecule has 1 saturated heterocycles. The standard InChI is InChI=1S/C17H23N5O2/c1-13-10-15(23)2-3-16(13)20-12-14(11-19)17(24)22-8-6-21(5-4-18)7-9-22/h2-3,10,12,20,23H,4-9,18H2,1H3/b14-12-. The molecule has 0 atom stereocenters. The van der Waals surface area contributed by atoms with Crippen molar-refractivity contribution < 1.29 is 9.90 Å². The van der Waals surface area contributed by atoms with Crippen LogP contribution >= 0.6 is 0 Å². The molecule has 1 heterocycles. The van der Waals surface area contributed by atoms with Gasteiger partial charge in [0.1, 0.15) is 17.4 Å². The van der Waals surface area contributed by atoms with Crippen molar-refractivity contribution in [3.8, 4) is 11.8 Å². The zero-order valence-corrected chi connectivity index (χ0v) is 13.8. The van der Waals surface area contributed by atoms with E-state index in [1.54, 1.807) is 23.1 Å². The maximum absolute atomic E-state index is 12.5. The van der Waals surface area contributed by atoms with Crippen LogP contribution < -0.4 is 11.1 Å². The number of phenols is 1. The van der Waals surface area contributed by atoms with Gasteiger partial charge in [0, 0.05) is 51.2 Å². The third-order valence-electron chi connectivity index (χ3n) is 4.04. The number of carbonyl (C=O) groups is 1. The molecule has 7 heteroatoms. The smallest absolute Gasteiger partial charge is 0.266 e. The van der Waals surface area contributed by atoms with Gasteiger partial charge in [-0.1, -0.05) is 0 Å². The summed E-state index contributed by atoms with van der Waals surface area (Å²) in [6.07, 6.45) is 1.42. The lowest BCUT2D eigenvalue weighted by Crippen LogP contribution is -2.50. The second kappa shape index (κ2) is 8.34. The lowest BCUT2D eigenvalue weighted by molar-refractivity contribution is -0.128. The van der Waals surface area contributed by atoms with E-state index in [9.17, 15) is 15.2 Å². The van der Waals surface area contributed by atoms with Crippen molar-refractivity contribution in [1.29, 1.82) is 5.26 Å². The summed E-state index contributed by atoms with van der Waals surface area (Å²) >= 11 is 0. The van der Waals surface area contributed by atoms with Gasteiger partial charge in [-0.15, -0.1) is 0 Å². The van der Waals surface area contributed by atoms with Crippen molar-refractivity contribution in [2.45, 2.75) is 6.92 Å². The zero-order chi connectivity index (χ0) is 17.5. The molecule has 1 fully saturated rings. The van der Waals surface area contributed by atoms with Crippen molar-refractivity contribution >= 4 is 11.6 Å². The first-order chi connectivity index (χ1) is 11.5. The SMILES string of the molecule is Cc1cc(O)ccc1N/C=C(/C#N)C(=O)N1CCN(CCN)CC1. The molecular formula is C17H23N5O2. The normalized spacial score (nSPS) is 15.9. The molecule has 24 heavy (non-hydrogen) atoms. The van der Waals surface area contributed by atoms with Crippen molar-refractivity contribution in [3.05, 3.63) is 35.5 Å². The molecule has 0 aromatic heterocycles. The van der Waals surface area contributed by atoms with Crippen LogP contribution in [-0.2, 0) is 4.79 Å². The van der Waals surface area contributed by atoms with Crippen molar-refractivity contribution in [3.63, 3.8) is 0 Å². The minimum atomic E-state index is -0.270. The quantitative estimate of drug-likeness (QED) is 0.415.